The van der Waals surface area contributed by atoms with Crippen molar-refractivity contribution < 1.29 is 8.42 Å². The van der Waals surface area contributed by atoms with Gasteiger partial charge in [0.05, 0.1) is 20.7 Å². The number of fused-ring (bicyclic) bond motifs is 1. The number of nitrogens with zero attached hydrogens (tertiary/aromatic N) is 2. The van der Waals surface area contributed by atoms with Gasteiger partial charge in [-0.25, -0.2) is 13.4 Å². The van der Waals surface area contributed by atoms with Gasteiger partial charge in [0.1, 0.15) is 5.65 Å². The molecule has 1 saturated heterocycles. The Balaban J connectivity index is 1.42. The van der Waals surface area contributed by atoms with Crippen molar-refractivity contribution in [3.05, 3.63) is 53.5 Å². The second kappa shape index (κ2) is 8.07. The maximum absolute atomic E-state index is 12.9. The molecule has 0 amide bonds. The average molecular weight is 454 g/mol. The molecule has 0 spiro atoms. The molecule has 0 radical (unpaired) electrons. The summed E-state index contributed by atoms with van der Waals surface area (Å²) < 4.78 is 25.8. The van der Waals surface area contributed by atoms with Gasteiger partial charge in [-0.15, -0.1) is 11.3 Å². The Hall–Kier alpha value is -2.75. The quantitative estimate of drug-likeness (QED) is 0.417. The first-order chi connectivity index (χ1) is 15.0. The molecule has 1 aromatic carbocycles. The predicted octanol–water partition coefficient (Wildman–Crippen LogP) is 4.26. The van der Waals surface area contributed by atoms with E-state index < -0.39 is 9.84 Å². The second-order valence-corrected chi connectivity index (χ2v) is 11.2. The van der Waals surface area contributed by atoms with E-state index in [9.17, 15) is 8.42 Å². The molecule has 5 rings (SSSR count). The van der Waals surface area contributed by atoms with E-state index in [-0.39, 0.29) is 5.25 Å². The van der Waals surface area contributed by atoms with Gasteiger partial charge in [0, 0.05) is 22.1 Å². The Kier molecular flexibility index (Phi) is 5.25. The summed E-state index contributed by atoms with van der Waals surface area (Å²) in [6.45, 7) is 3.56. The van der Waals surface area contributed by atoms with Crippen LogP contribution >= 0.6 is 11.3 Å². The first-order valence-corrected chi connectivity index (χ1v) is 12.6. The van der Waals surface area contributed by atoms with E-state index in [2.05, 4.69) is 39.7 Å². The molecule has 0 atom stereocenters. The number of aryl methyl sites for hydroxylation is 1. The highest BCUT2D eigenvalue weighted by atomic mass is 32.2. The van der Waals surface area contributed by atoms with Gasteiger partial charge in [-0.3, -0.25) is 0 Å². The third-order valence-corrected chi connectivity index (χ3v) is 8.84. The summed E-state index contributed by atoms with van der Waals surface area (Å²) in [4.78, 5) is 15.1. The number of anilines is 2. The number of aromatic amines is 1. The van der Waals surface area contributed by atoms with Crippen LogP contribution in [-0.2, 0) is 9.84 Å². The zero-order chi connectivity index (χ0) is 21.4. The Morgan fingerprint density at radius 3 is 2.52 bits per heavy atom. The van der Waals surface area contributed by atoms with Gasteiger partial charge in [-0.05, 0) is 75.3 Å². The van der Waals surface area contributed by atoms with E-state index in [0.29, 0.717) is 23.7 Å². The number of hydrogen-bond acceptors (Lipinski definition) is 7. The topological polar surface area (TPSA) is 99.8 Å². The molecule has 3 aromatic heterocycles. The lowest BCUT2D eigenvalue weighted by molar-refractivity contribution is 0.496. The lowest BCUT2D eigenvalue weighted by atomic mass is 10.2. The van der Waals surface area contributed by atoms with Gasteiger partial charge in [0.25, 0.3) is 0 Å². The number of thiophene rings is 1. The van der Waals surface area contributed by atoms with Gasteiger partial charge in [-0.2, -0.15) is 4.98 Å². The zero-order valence-corrected chi connectivity index (χ0v) is 18.7. The van der Waals surface area contributed by atoms with Crippen molar-refractivity contribution in [2.45, 2.75) is 29.9 Å². The number of hydrogen-bond donors (Lipinski definition) is 3. The molecule has 7 nitrogen and oxygen atoms in total. The van der Waals surface area contributed by atoms with Crippen LogP contribution in [0.15, 0.2) is 53.6 Å². The van der Waals surface area contributed by atoms with E-state index in [1.165, 1.54) is 4.88 Å². The molecule has 9 heteroatoms. The van der Waals surface area contributed by atoms with E-state index in [0.717, 1.165) is 40.4 Å². The standard InChI is InChI=1S/C22H23N5O2S2/c1-14-2-7-19(30-14)20-18-10-13-24-21(18)27-22(26-20)25-15-3-5-16(6-4-15)31(28,29)17-8-11-23-12-9-17/h2-7,10,13,17,23H,8-9,11-12H2,1H3,(H2,24,25,26,27). The molecule has 1 fully saturated rings. The molecule has 0 saturated carbocycles. The van der Waals surface area contributed by atoms with Crippen LogP contribution in [0.5, 0.6) is 0 Å². The van der Waals surface area contributed by atoms with Crippen LogP contribution in [0.25, 0.3) is 21.6 Å². The lowest BCUT2D eigenvalue weighted by Gasteiger charge is -2.22. The van der Waals surface area contributed by atoms with Crippen molar-refractivity contribution >= 4 is 43.8 Å². The highest BCUT2D eigenvalue weighted by Gasteiger charge is 2.28. The minimum atomic E-state index is -3.32. The smallest absolute Gasteiger partial charge is 0.229 e. The maximum atomic E-state index is 12.9. The zero-order valence-electron chi connectivity index (χ0n) is 17.1. The minimum absolute atomic E-state index is 0.317. The van der Waals surface area contributed by atoms with E-state index >= 15 is 0 Å². The van der Waals surface area contributed by atoms with Gasteiger partial charge in [-0.1, -0.05) is 0 Å². The first kappa shape index (κ1) is 20.2. The van der Waals surface area contributed by atoms with E-state index in [1.807, 2.05) is 12.3 Å². The van der Waals surface area contributed by atoms with Gasteiger partial charge in [0.15, 0.2) is 9.84 Å². The Morgan fingerprint density at radius 2 is 1.81 bits per heavy atom. The van der Waals surface area contributed by atoms with Crippen LogP contribution in [0.4, 0.5) is 11.6 Å². The summed E-state index contributed by atoms with van der Waals surface area (Å²) in [6.07, 6.45) is 3.15. The third kappa shape index (κ3) is 3.96. The van der Waals surface area contributed by atoms with Crippen LogP contribution in [-0.4, -0.2) is 41.7 Å². The Morgan fingerprint density at radius 1 is 1.03 bits per heavy atom. The van der Waals surface area contributed by atoms with Crippen LogP contribution < -0.4 is 10.6 Å². The summed E-state index contributed by atoms with van der Waals surface area (Å²) in [6, 6.07) is 13.0. The molecular weight excluding hydrogens is 430 g/mol. The first-order valence-electron chi connectivity index (χ1n) is 10.2. The van der Waals surface area contributed by atoms with Crippen molar-refractivity contribution in [3.8, 4) is 10.6 Å². The summed E-state index contributed by atoms with van der Waals surface area (Å²) in [7, 11) is -3.32. The number of rotatable bonds is 5. The SMILES string of the molecule is Cc1ccc(-c2nc(Nc3ccc(S(=O)(=O)C4CCNCC4)cc3)nc3[nH]ccc23)s1. The van der Waals surface area contributed by atoms with Crippen LogP contribution in [0, 0.1) is 6.92 Å². The Bertz CT molecular complexity index is 1320. The highest BCUT2D eigenvalue weighted by molar-refractivity contribution is 7.92. The molecule has 3 N–H and O–H groups in total. The number of benzene rings is 1. The molecule has 0 aliphatic carbocycles. The molecule has 0 unspecified atom stereocenters. The fourth-order valence-corrected chi connectivity index (χ4v) is 6.53. The molecule has 1 aliphatic heterocycles. The van der Waals surface area contributed by atoms with Gasteiger partial charge < -0.3 is 15.6 Å². The number of aromatic nitrogens is 3. The van der Waals surface area contributed by atoms with Gasteiger partial charge in [0.2, 0.25) is 5.95 Å². The number of nitrogens with one attached hydrogen (secondary N) is 3. The highest BCUT2D eigenvalue weighted by Crippen LogP contribution is 2.32. The molecule has 1 aliphatic rings. The largest absolute Gasteiger partial charge is 0.346 e. The van der Waals surface area contributed by atoms with Crippen molar-refractivity contribution in [2.75, 3.05) is 18.4 Å². The monoisotopic (exact) mass is 453 g/mol. The summed E-state index contributed by atoms with van der Waals surface area (Å²) in [5.74, 6) is 0.463. The fraction of sp³-hybridized carbons (Fsp3) is 0.273. The average Bonchev–Trinajstić information content (AvgIpc) is 3.43. The third-order valence-electron chi connectivity index (χ3n) is 5.55. The van der Waals surface area contributed by atoms with Crippen molar-refractivity contribution in [1.82, 2.24) is 20.3 Å². The summed E-state index contributed by atoms with van der Waals surface area (Å²) in [5.41, 5.74) is 2.36. The molecule has 160 valence electrons. The Labute approximate surface area is 184 Å². The van der Waals surface area contributed by atoms with E-state index in [4.69, 9.17) is 4.98 Å². The minimum Gasteiger partial charge on any atom is -0.346 e. The normalized spacial score (nSPS) is 15.4. The maximum Gasteiger partial charge on any atom is 0.229 e. The van der Waals surface area contributed by atoms with Crippen LogP contribution in [0.3, 0.4) is 0 Å². The second-order valence-electron chi connectivity index (χ2n) is 7.69. The lowest BCUT2D eigenvalue weighted by Crippen LogP contribution is -2.35. The van der Waals surface area contributed by atoms with Crippen molar-refractivity contribution in [1.29, 1.82) is 0 Å². The molecule has 31 heavy (non-hydrogen) atoms. The fourth-order valence-electron chi connectivity index (χ4n) is 3.90. The number of H-pyrrole nitrogens is 1. The molecular formula is C22H23N5O2S2. The summed E-state index contributed by atoms with van der Waals surface area (Å²) in [5, 5.41) is 7.08. The van der Waals surface area contributed by atoms with Crippen LogP contribution in [0.1, 0.15) is 17.7 Å². The molecule has 0 bridgehead atoms. The molecule has 4 heterocycles. The molecule has 4 aromatic rings. The van der Waals surface area contributed by atoms with Crippen LogP contribution in [0.2, 0.25) is 0 Å². The summed E-state index contributed by atoms with van der Waals surface area (Å²) >= 11 is 1.69. The predicted molar refractivity (Wildman–Crippen MR) is 125 cm³/mol. The van der Waals surface area contributed by atoms with Crippen molar-refractivity contribution in [3.63, 3.8) is 0 Å². The van der Waals surface area contributed by atoms with Gasteiger partial charge >= 0.3 is 0 Å². The van der Waals surface area contributed by atoms with Crippen molar-refractivity contribution in [2.24, 2.45) is 0 Å². The van der Waals surface area contributed by atoms with E-state index in [1.54, 1.807) is 35.6 Å². The number of sulfone groups is 1. The number of piperidine rings is 1.